The lowest BCUT2D eigenvalue weighted by molar-refractivity contribution is -0.131. The van der Waals surface area contributed by atoms with Gasteiger partial charge >= 0.3 is 0 Å². The first kappa shape index (κ1) is 41.9. The standard InChI is InChI=1S/C26H25F2NO.C24H21F2NO3/c1-17-3-6-20(7-4-17)25-24(16-5-18(2)19-8-10-21(27)11-9-19)26(30)29(25)23-14-12-22(28)13-15-23;25-17-5-1-15(2-6-17)22(29)14-13-21-23(16-3-11-20(28)12-4-16)27(24(21)30)19-9-7-18(26)8-10-19/h3-4,6-15,18,24-25H,5,16H2,1-2H3;1-12,21-23,28-29H,13-14H2/t18-,24?,25+;21?,22-,23+/m00/s1. The number of phenolic OH excluding ortho intramolecular Hbond substituents is 1. The summed E-state index contributed by atoms with van der Waals surface area (Å²) in [5.41, 5.74) is 6.08. The number of hydrogen-bond donors (Lipinski definition) is 2. The number of aryl methyl sites for hydroxylation is 1. The maximum absolute atomic E-state index is 13.4. The maximum atomic E-state index is 13.4. The number of aliphatic hydroxyl groups is 1. The highest BCUT2D eigenvalue weighted by Crippen LogP contribution is 2.48. The molecular weight excluding hydrogens is 769 g/mol. The van der Waals surface area contributed by atoms with Crippen LogP contribution in [0.3, 0.4) is 0 Å². The molecule has 2 unspecified atom stereocenters. The molecule has 2 aliphatic rings. The molecule has 10 heteroatoms. The van der Waals surface area contributed by atoms with Gasteiger partial charge in [-0.3, -0.25) is 9.59 Å². The highest BCUT2D eigenvalue weighted by Gasteiger charge is 2.49. The fourth-order valence-electron chi connectivity index (χ4n) is 8.21. The number of benzene rings is 6. The molecule has 2 fully saturated rings. The van der Waals surface area contributed by atoms with Gasteiger partial charge in [0.25, 0.3) is 0 Å². The molecule has 2 amide bonds. The fourth-order valence-corrected chi connectivity index (χ4v) is 8.21. The van der Waals surface area contributed by atoms with E-state index in [9.17, 15) is 37.4 Å². The van der Waals surface area contributed by atoms with E-state index in [1.165, 1.54) is 66.2 Å². The summed E-state index contributed by atoms with van der Waals surface area (Å²) in [6, 6.07) is 38.6. The minimum Gasteiger partial charge on any atom is -0.508 e. The van der Waals surface area contributed by atoms with Crippen LogP contribution in [0.4, 0.5) is 28.9 Å². The number of hydrogen-bond acceptors (Lipinski definition) is 4. The van der Waals surface area contributed by atoms with Gasteiger partial charge in [0.2, 0.25) is 11.8 Å². The zero-order valence-corrected chi connectivity index (χ0v) is 33.3. The second kappa shape index (κ2) is 18.3. The van der Waals surface area contributed by atoms with E-state index >= 15 is 0 Å². The van der Waals surface area contributed by atoms with Crippen molar-refractivity contribution in [1.82, 2.24) is 0 Å². The molecule has 2 heterocycles. The van der Waals surface area contributed by atoms with E-state index in [0.717, 1.165) is 35.2 Å². The van der Waals surface area contributed by atoms with Crippen LogP contribution < -0.4 is 9.80 Å². The molecule has 60 heavy (non-hydrogen) atoms. The Morgan fingerprint density at radius 3 is 1.32 bits per heavy atom. The van der Waals surface area contributed by atoms with Crippen LogP contribution >= 0.6 is 0 Å². The second-order valence-electron chi connectivity index (χ2n) is 15.6. The summed E-state index contributed by atoms with van der Waals surface area (Å²) in [6.45, 7) is 4.14. The number of aromatic hydroxyl groups is 1. The van der Waals surface area contributed by atoms with Gasteiger partial charge in [0.1, 0.15) is 29.0 Å². The lowest BCUT2D eigenvalue weighted by atomic mass is 9.77. The summed E-state index contributed by atoms with van der Waals surface area (Å²) in [6.07, 6.45) is 1.54. The van der Waals surface area contributed by atoms with Gasteiger partial charge in [-0.2, -0.15) is 0 Å². The molecule has 2 aliphatic heterocycles. The molecule has 6 atom stereocenters. The van der Waals surface area contributed by atoms with E-state index in [0.29, 0.717) is 24.1 Å². The first-order chi connectivity index (χ1) is 28.9. The molecule has 2 saturated heterocycles. The molecule has 6 nitrogen and oxygen atoms in total. The number of carbonyl (C=O) groups excluding carboxylic acids is 2. The van der Waals surface area contributed by atoms with Crippen molar-refractivity contribution < 1.29 is 37.4 Å². The van der Waals surface area contributed by atoms with E-state index in [2.05, 4.69) is 31.2 Å². The highest BCUT2D eigenvalue weighted by atomic mass is 19.1. The Morgan fingerprint density at radius 1 is 0.517 bits per heavy atom. The number of anilines is 2. The van der Waals surface area contributed by atoms with Crippen LogP contribution in [-0.4, -0.2) is 22.0 Å². The van der Waals surface area contributed by atoms with Gasteiger partial charge in [0.15, 0.2) is 0 Å². The van der Waals surface area contributed by atoms with Crippen LogP contribution in [0.15, 0.2) is 146 Å². The summed E-state index contributed by atoms with van der Waals surface area (Å²) in [5.74, 6) is -1.48. The molecule has 8 rings (SSSR count). The van der Waals surface area contributed by atoms with Crippen molar-refractivity contribution in [3.63, 3.8) is 0 Å². The summed E-state index contributed by atoms with van der Waals surface area (Å²) in [5, 5.41) is 20.1. The molecule has 6 aromatic rings. The van der Waals surface area contributed by atoms with Crippen LogP contribution in [0.5, 0.6) is 5.75 Å². The molecule has 0 bridgehead atoms. The monoisotopic (exact) mass is 814 g/mol. The van der Waals surface area contributed by atoms with E-state index in [1.54, 1.807) is 58.3 Å². The van der Waals surface area contributed by atoms with Gasteiger partial charge in [-0.25, -0.2) is 17.6 Å². The predicted molar refractivity (Wildman–Crippen MR) is 224 cm³/mol. The third kappa shape index (κ3) is 9.29. The third-order valence-electron chi connectivity index (χ3n) is 11.6. The number of phenols is 1. The zero-order valence-electron chi connectivity index (χ0n) is 33.3. The Balaban J connectivity index is 0.000000181. The SMILES string of the molecule is Cc1ccc([C@@H]2C(CC[C@H](C)c3ccc(F)cc3)C(=O)N2c2ccc(F)cc2)cc1.O=C1C(CC[C@H](O)c2ccc(F)cc2)[C@@H](c2ccc(O)cc2)N1c1ccc(F)cc1. The van der Waals surface area contributed by atoms with E-state index < -0.39 is 6.10 Å². The topological polar surface area (TPSA) is 81.1 Å². The predicted octanol–water partition coefficient (Wildman–Crippen LogP) is 11.4. The van der Waals surface area contributed by atoms with Gasteiger partial charge in [0, 0.05) is 11.4 Å². The lowest BCUT2D eigenvalue weighted by Gasteiger charge is -2.48. The summed E-state index contributed by atoms with van der Waals surface area (Å²) in [7, 11) is 0. The fraction of sp³-hybridized carbons (Fsp3) is 0.240. The van der Waals surface area contributed by atoms with Crippen molar-refractivity contribution in [2.45, 2.75) is 63.6 Å². The normalized spacial score (nSPS) is 19.4. The van der Waals surface area contributed by atoms with Crippen molar-refractivity contribution in [1.29, 1.82) is 0 Å². The van der Waals surface area contributed by atoms with Crippen LogP contribution in [-0.2, 0) is 9.59 Å². The van der Waals surface area contributed by atoms with Crippen molar-refractivity contribution >= 4 is 23.2 Å². The number of rotatable bonds is 12. The number of β-lactam (4-membered cyclic amide) rings is 2. The van der Waals surface area contributed by atoms with E-state index in [1.807, 2.05) is 19.1 Å². The highest BCUT2D eigenvalue weighted by molar-refractivity contribution is 6.04. The average Bonchev–Trinajstić information content (AvgIpc) is 3.24. The third-order valence-corrected chi connectivity index (χ3v) is 11.6. The molecule has 0 aliphatic carbocycles. The Hall–Kier alpha value is -6.26. The number of carbonyl (C=O) groups is 2. The molecule has 6 aromatic carbocycles. The average molecular weight is 815 g/mol. The summed E-state index contributed by atoms with van der Waals surface area (Å²) < 4.78 is 53.0. The Bertz CT molecular complexity index is 2200. The zero-order chi connectivity index (χ0) is 42.5. The number of halogens is 4. The molecule has 0 spiro atoms. The Kier molecular flexibility index (Phi) is 12.8. The van der Waals surface area contributed by atoms with E-state index in [4.69, 9.17) is 0 Å². The summed E-state index contributed by atoms with van der Waals surface area (Å²) >= 11 is 0. The lowest BCUT2D eigenvalue weighted by Crippen LogP contribution is -2.55. The molecule has 0 radical (unpaired) electrons. The van der Waals surface area contributed by atoms with Crippen molar-refractivity contribution in [3.8, 4) is 5.75 Å². The molecule has 2 N–H and O–H groups in total. The van der Waals surface area contributed by atoms with Gasteiger partial charge in [-0.15, -0.1) is 0 Å². The molecule has 0 aromatic heterocycles. The molecule has 0 saturated carbocycles. The number of nitrogens with zero attached hydrogens (tertiary/aromatic N) is 2. The van der Waals surface area contributed by atoms with Crippen molar-refractivity contribution in [2.75, 3.05) is 9.80 Å². The maximum Gasteiger partial charge on any atom is 0.233 e. The first-order valence-electron chi connectivity index (χ1n) is 20.1. The van der Waals surface area contributed by atoms with Gasteiger partial charge < -0.3 is 20.0 Å². The second-order valence-corrected chi connectivity index (χ2v) is 15.6. The Morgan fingerprint density at radius 2 is 0.883 bits per heavy atom. The largest absolute Gasteiger partial charge is 0.508 e. The van der Waals surface area contributed by atoms with E-state index in [-0.39, 0.29) is 70.7 Å². The smallest absolute Gasteiger partial charge is 0.233 e. The van der Waals surface area contributed by atoms with Gasteiger partial charge in [0.05, 0.1) is 30.0 Å². The van der Waals surface area contributed by atoms with Crippen LogP contribution in [0.2, 0.25) is 0 Å². The first-order valence-corrected chi connectivity index (χ1v) is 20.1. The minimum atomic E-state index is -0.807. The molecular formula is C50H46F4N2O4. The van der Waals surface area contributed by atoms with Crippen LogP contribution in [0, 0.1) is 42.0 Å². The summed E-state index contributed by atoms with van der Waals surface area (Å²) in [4.78, 5) is 29.4. The van der Waals surface area contributed by atoms with Crippen molar-refractivity contribution in [2.24, 2.45) is 11.8 Å². The van der Waals surface area contributed by atoms with Crippen LogP contribution in [0.1, 0.15) is 84.5 Å². The van der Waals surface area contributed by atoms with Gasteiger partial charge in [-0.1, -0.05) is 73.2 Å². The number of aliphatic hydroxyl groups excluding tert-OH is 1. The minimum absolute atomic E-state index is 0.0658. The van der Waals surface area contributed by atoms with Gasteiger partial charge in [-0.05, 0) is 146 Å². The quantitative estimate of drug-likeness (QED) is 0.0952. The van der Waals surface area contributed by atoms with Crippen LogP contribution in [0.25, 0.3) is 0 Å². The Labute approximate surface area is 347 Å². The number of amides is 2. The van der Waals surface area contributed by atoms with Crippen molar-refractivity contribution in [3.05, 3.63) is 197 Å². The molecule has 308 valence electrons.